The third-order valence-corrected chi connectivity index (χ3v) is 12.1. The molecular weight excluding hydrogens is 691 g/mol. The third kappa shape index (κ3) is 5.25. The maximum absolute atomic E-state index is 6.80. The fourth-order valence-electron chi connectivity index (χ4n) is 9.35. The minimum atomic E-state index is -0.134. The summed E-state index contributed by atoms with van der Waals surface area (Å²) in [7, 11) is 0. The summed E-state index contributed by atoms with van der Waals surface area (Å²) in [6.07, 6.45) is 0. The van der Waals surface area contributed by atoms with Gasteiger partial charge in [-0.05, 0) is 103 Å². The molecule has 0 atom stereocenters. The zero-order valence-electron chi connectivity index (χ0n) is 31.9. The number of hydrogen-bond donors (Lipinski definition) is 0. The molecule has 2 nitrogen and oxygen atoms in total. The molecule has 1 heterocycles. The van der Waals surface area contributed by atoms with Crippen LogP contribution in [0.5, 0.6) is 0 Å². The smallest absolute Gasteiger partial charge is 0.136 e. The van der Waals surface area contributed by atoms with Crippen LogP contribution >= 0.6 is 0 Å². The lowest BCUT2D eigenvalue weighted by molar-refractivity contribution is 0.660. The van der Waals surface area contributed by atoms with Gasteiger partial charge in [0.25, 0.3) is 0 Å². The molecule has 1 aliphatic carbocycles. The maximum Gasteiger partial charge on any atom is 0.136 e. The fourth-order valence-corrected chi connectivity index (χ4v) is 9.35. The Hall–Kier alpha value is -7.16. The van der Waals surface area contributed by atoms with Crippen molar-refractivity contribution >= 4 is 49.8 Å². The lowest BCUT2D eigenvalue weighted by Crippen LogP contribution is -2.16. The molecule has 0 unspecified atom stereocenters. The molecule has 2 heteroatoms. The second-order valence-electron chi connectivity index (χ2n) is 15.7. The van der Waals surface area contributed by atoms with Crippen LogP contribution in [0.2, 0.25) is 0 Å². The van der Waals surface area contributed by atoms with Crippen molar-refractivity contribution in [2.24, 2.45) is 0 Å². The molecule has 270 valence electrons. The van der Waals surface area contributed by atoms with Crippen LogP contribution in [0, 0.1) is 0 Å². The van der Waals surface area contributed by atoms with Crippen molar-refractivity contribution in [2.75, 3.05) is 4.90 Å². The van der Waals surface area contributed by atoms with Gasteiger partial charge in [-0.25, -0.2) is 0 Å². The van der Waals surface area contributed by atoms with Crippen molar-refractivity contribution in [1.82, 2.24) is 0 Å². The van der Waals surface area contributed by atoms with Crippen molar-refractivity contribution in [3.8, 4) is 44.5 Å². The van der Waals surface area contributed by atoms with E-state index in [9.17, 15) is 0 Å². The van der Waals surface area contributed by atoms with Gasteiger partial charge in [-0.15, -0.1) is 0 Å². The van der Waals surface area contributed by atoms with Gasteiger partial charge in [0.2, 0.25) is 0 Å². The van der Waals surface area contributed by atoms with Gasteiger partial charge in [0.1, 0.15) is 11.2 Å². The standard InChI is InChI=1S/C55H39NO/c1-55(2)48-25-13-11-21-42(48)43-33-32-40(34-49(43)55)56(39-30-28-37(29-31-39)36-16-5-3-6-17-36)50-26-14-12-22-44(50)46-24-15-27-51-53(46)54-45-23-10-9-20-41(45)47(35-52(54)57-51)38-18-7-4-8-19-38/h3-35H,1-2H3. The molecule has 1 aliphatic rings. The highest BCUT2D eigenvalue weighted by Crippen LogP contribution is 2.52. The van der Waals surface area contributed by atoms with Gasteiger partial charge in [-0.3, -0.25) is 0 Å². The quantitative estimate of drug-likeness (QED) is 0.169. The lowest BCUT2D eigenvalue weighted by Gasteiger charge is -2.30. The molecule has 0 bridgehead atoms. The number of furan rings is 1. The average molecular weight is 730 g/mol. The van der Waals surface area contributed by atoms with Crippen LogP contribution in [-0.2, 0) is 5.41 Å². The van der Waals surface area contributed by atoms with E-state index in [-0.39, 0.29) is 5.41 Å². The normalized spacial score (nSPS) is 12.9. The third-order valence-electron chi connectivity index (χ3n) is 12.1. The molecular formula is C55H39NO. The van der Waals surface area contributed by atoms with E-state index in [0.29, 0.717) is 0 Å². The first-order valence-electron chi connectivity index (χ1n) is 19.8. The van der Waals surface area contributed by atoms with Crippen LogP contribution < -0.4 is 4.90 Å². The van der Waals surface area contributed by atoms with Gasteiger partial charge in [0, 0.05) is 33.1 Å². The second-order valence-corrected chi connectivity index (χ2v) is 15.7. The topological polar surface area (TPSA) is 16.4 Å². The number of para-hydroxylation sites is 1. The molecule has 57 heavy (non-hydrogen) atoms. The number of benzene rings is 9. The van der Waals surface area contributed by atoms with Crippen LogP contribution in [0.25, 0.3) is 77.2 Å². The van der Waals surface area contributed by atoms with Gasteiger partial charge < -0.3 is 9.32 Å². The Labute approximate surface area is 332 Å². The van der Waals surface area contributed by atoms with E-state index < -0.39 is 0 Å². The maximum atomic E-state index is 6.80. The number of anilines is 3. The molecule has 0 saturated carbocycles. The number of nitrogens with zero attached hydrogens (tertiary/aromatic N) is 1. The molecule has 0 fully saturated rings. The second kappa shape index (κ2) is 13.0. The zero-order valence-corrected chi connectivity index (χ0v) is 31.9. The first-order valence-corrected chi connectivity index (χ1v) is 19.8. The molecule has 0 spiro atoms. The van der Waals surface area contributed by atoms with Crippen LogP contribution in [0.3, 0.4) is 0 Å². The Morgan fingerprint density at radius 3 is 1.75 bits per heavy atom. The summed E-state index contributed by atoms with van der Waals surface area (Å²) in [5.41, 5.74) is 17.3. The average Bonchev–Trinajstić information content (AvgIpc) is 3.76. The first-order chi connectivity index (χ1) is 28.0. The van der Waals surface area contributed by atoms with Crippen molar-refractivity contribution in [3.05, 3.63) is 211 Å². The van der Waals surface area contributed by atoms with E-state index in [1.807, 2.05) is 0 Å². The number of rotatable bonds is 6. The van der Waals surface area contributed by atoms with E-state index >= 15 is 0 Å². The Balaban J connectivity index is 1.15. The number of hydrogen-bond acceptors (Lipinski definition) is 2. The summed E-state index contributed by atoms with van der Waals surface area (Å²) in [6, 6.07) is 72.5. The van der Waals surface area contributed by atoms with Crippen molar-refractivity contribution in [1.29, 1.82) is 0 Å². The SMILES string of the molecule is CC1(C)c2ccccc2-c2ccc(N(c3ccc(-c4ccccc4)cc3)c3ccccc3-c3cccc4oc5cc(-c6ccccc6)c6ccccc6c5c34)cc21. The zero-order chi connectivity index (χ0) is 38.1. The summed E-state index contributed by atoms with van der Waals surface area (Å²) in [6.45, 7) is 4.71. The highest BCUT2D eigenvalue weighted by Gasteiger charge is 2.36. The minimum Gasteiger partial charge on any atom is -0.456 e. The van der Waals surface area contributed by atoms with E-state index in [4.69, 9.17) is 4.42 Å². The summed E-state index contributed by atoms with van der Waals surface area (Å²) < 4.78 is 6.80. The highest BCUT2D eigenvalue weighted by molar-refractivity contribution is 6.25. The predicted molar refractivity (Wildman–Crippen MR) is 240 cm³/mol. The molecule has 0 saturated heterocycles. The molecule has 1 aromatic heterocycles. The number of fused-ring (bicyclic) bond motifs is 8. The van der Waals surface area contributed by atoms with E-state index in [1.54, 1.807) is 0 Å². The van der Waals surface area contributed by atoms with Crippen LogP contribution in [-0.4, -0.2) is 0 Å². The van der Waals surface area contributed by atoms with Gasteiger partial charge in [0.15, 0.2) is 0 Å². The largest absolute Gasteiger partial charge is 0.456 e. The van der Waals surface area contributed by atoms with Gasteiger partial charge in [0.05, 0.1) is 5.69 Å². The van der Waals surface area contributed by atoms with Crippen LogP contribution in [0.15, 0.2) is 205 Å². The lowest BCUT2D eigenvalue weighted by atomic mass is 9.82. The highest BCUT2D eigenvalue weighted by atomic mass is 16.3. The van der Waals surface area contributed by atoms with E-state index in [0.717, 1.165) is 50.1 Å². The molecule has 10 aromatic rings. The van der Waals surface area contributed by atoms with Crippen LogP contribution in [0.1, 0.15) is 25.0 Å². The Morgan fingerprint density at radius 2 is 0.965 bits per heavy atom. The predicted octanol–water partition coefficient (Wildman–Crippen LogP) is 15.5. The Bertz CT molecular complexity index is 3140. The molecule has 11 rings (SSSR count). The summed E-state index contributed by atoms with van der Waals surface area (Å²) >= 11 is 0. The fraction of sp³-hybridized carbons (Fsp3) is 0.0545. The molecule has 0 N–H and O–H groups in total. The van der Waals surface area contributed by atoms with Crippen molar-refractivity contribution < 1.29 is 4.42 Å². The van der Waals surface area contributed by atoms with E-state index in [1.165, 1.54) is 55.3 Å². The summed E-state index contributed by atoms with van der Waals surface area (Å²) in [5, 5.41) is 4.66. The molecule has 9 aromatic carbocycles. The first kappa shape index (κ1) is 33.2. The van der Waals surface area contributed by atoms with Crippen molar-refractivity contribution in [3.63, 3.8) is 0 Å². The van der Waals surface area contributed by atoms with E-state index in [2.05, 4.69) is 219 Å². The summed E-state index contributed by atoms with van der Waals surface area (Å²) in [4.78, 5) is 2.44. The molecule has 0 aliphatic heterocycles. The molecule has 0 amide bonds. The van der Waals surface area contributed by atoms with Gasteiger partial charge >= 0.3 is 0 Å². The van der Waals surface area contributed by atoms with Crippen LogP contribution in [0.4, 0.5) is 17.1 Å². The Morgan fingerprint density at radius 1 is 0.368 bits per heavy atom. The van der Waals surface area contributed by atoms with Gasteiger partial charge in [-0.2, -0.15) is 0 Å². The Kier molecular flexibility index (Phi) is 7.55. The minimum absolute atomic E-state index is 0.134. The monoisotopic (exact) mass is 729 g/mol. The molecule has 0 radical (unpaired) electrons. The van der Waals surface area contributed by atoms with Gasteiger partial charge in [-0.1, -0.05) is 172 Å². The van der Waals surface area contributed by atoms with Crippen molar-refractivity contribution in [2.45, 2.75) is 19.3 Å². The summed E-state index contributed by atoms with van der Waals surface area (Å²) in [5.74, 6) is 0.